The Hall–Kier alpha value is -2.90. The van der Waals surface area contributed by atoms with Gasteiger partial charge < -0.3 is 15.5 Å². The standard InChI is InChI=1S/C24H29ClN4O3/c1-3-18-6-4-5-7-21(18)27-22(30)16-28-12-14-29(15-13-28)24(32)17(2)26-23(31)19-8-10-20(25)11-9-19/h4-11,17H,3,12-16H2,1-2H3,(H,26,31)(H,27,30)/t17-/m0/s1. The highest BCUT2D eigenvalue weighted by molar-refractivity contribution is 6.30. The summed E-state index contributed by atoms with van der Waals surface area (Å²) in [6.07, 6.45) is 0.851. The third-order valence-electron chi connectivity index (χ3n) is 5.55. The van der Waals surface area contributed by atoms with Crippen LogP contribution in [-0.2, 0) is 16.0 Å². The van der Waals surface area contributed by atoms with Crippen molar-refractivity contribution in [2.24, 2.45) is 0 Å². The van der Waals surface area contributed by atoms with Crippen LogP contribution in [0.25, 0.3) is 0 Å². The van der Waals surface area contributed by atoms with E-state index in [2.05, 4.69) is 17.6 Å². The lowest BCUT2D eigenvalue weighted by atomic mass is 10.1. The molecule has 0 saturated carbocycles. The molecular formula is C24H29ClN4O3. The van der Waals surface area contributed by atoms with E-state index in [4.69, 9.17) is 11.6 Å². The normalized spacial score (nSPS) is 15.2. The van der Waals surface area contributed by atoms with Gasteiger partial charge in [-0.2, -0.15) is 0 Å². The fraction of sp³-hybridized carbons (Fsp3) is 0.375. The van der Waals surface area contributed by atoms with Gasteiger partial charge >= 0.3 is 0 Å². The molecule has 1 aliphatic rings. The summed E-state index contributed by atoms with van der Waals surface area (Å²) in [4.78, 5) is 41.3. The number of hydrogen-bond acceptors (Lipinski definition) is 4. The Labute approximate surface area is 193 Å². The number of nitrogens with zero attached hydrogens (tertiary/aromatic N) is 2. The van der Waals surface area contributed by atoms with Crippen LogP contribution in [0.3, 0.4) is 0 Å². The maximum atomic E-state index is 12.8. The highest BCUT2D eigenvalue weighted by Gasteiger charge is 2.27. The van der Waals surface area contributed by atoms with Gasteiger partial charge in [-0.1, -0.05) is 36.7 Å². The lowest BCUT2D eigenvalue weighted by molar-refractivity contribution is -0.134. The van der Waals surface area contributed by atoms with Gasteiger partial charge in [0.05, 0.1) is 6.54 Å². The number of halogens is 1. The average Bonchev–Trinajstić information content (AvgIpc) is 2.79. The molecule has 2 aromatic rings. The fourth-order valence-electron chi connectivity index (χ4n) is 3.69. The summed E-state index contributed by atoms with van der Waals surface area (Å²) in [7, 11) is 0. The van der Waals surface area contributed by atoms with Crippen molar-refractivity contribution < 1.29 is 14.4 Å². The summed E-state index contributed by atoms with van der Waals surface area (Å²) in [6, 6.07) is 13.7. The van der Waals surface area contributed by atoms with Gasteiger partial charge in [0.15, 0.2) is 0 Å². The third kappa shape index (κ3) is 6.31. The molecule has 2 aromatic carbocycles. The summed E-state index contributed by atoms with van der Waals surface area (Å²) >= 11 is 5.85. The maximum Gasteiger partial charge on any atom is 0.251 e. The van der Waals surface area contributed by atoms with E-state index in [0.717, 1.165) is 17.7 Å². The number of amides is 3. The molecule has 170 valence electrons. The van der Waals surface area contributed by atoms with Crippen LogP contribution in [0, 0.1) is 0 Å². The van der Waals surface area contributed by atoms with Crippen LogP contribution in [0.2, 0.25) is 5.02 Å². The second-order valence-electron chi connectivity index (χ2n) is 7.86. The lowest BCUT2D eigenvalue weighted by Crippen LogP contribution is -2.55. The van der Waals surface area contributed by atoms with Crippen LogP contribution < -0.4 is 10.6 Å². The van der Waals surface area contributed by atoms with E-state index in [9.17, 15) is 14.4 Å². The number of hydrogen-bond donors (Lipinski definition) is 2. The summed E-state index contributed by atoms with van der Waals surface area (Å²) in [5.74, 6) is -0.507. The average molecular weight is 457 g/mol. The molecule has 1 atom stereocenters. The minimum absolute atomic E-state index is 0.0609. The largest absolute Gasteiger partial charge is 0.341 e. The van der Waals surface area contributed by atoms with E-state index < -0.39 is 6.04 Å². The molecule has 1 fully saturated rings. The van der Waals surface area contributed by atoms with Gasteiger partial charge in [0, 0.05) is 42.5 Å². The number of aryl methyl sites for hydroxylation is 1. The molecule has 0 radical (unpaired) electrons. The van der Waals surface area contributed by atoms with Crippen molar-refractivity contribution in [1.29, 1.82) is 0 Å². The highest BCUT2D eigenvalue weighted by Crippen LogP contribution is 2.15. The maximum absolute atomic E-state index is 12.8. The first kappa shape index (κ1) is 23.8. The molecule has 1 saturated heterocycles. The Morgan fingerprint density at radius 2 is 1.66 bits per heavy atom. The second kappa shape index (κ2) is 11.1. The summed E-state index contributed by atoms with van der Waals surface area (Å²) in [6.45, 7) is 6.25. The SMILES string of the molecule is CCc1ccccc1NC(=O)CN1CCN(C(=O)[C@H](C)NC(=O)c2ccc(Cl)cc2)CC1. The van der Waals surface area contributed by atoms with E-state index >= 15 is 0 Å². The molecule has 3 amide bonds. The van der Waals surface area contributed by atoms with E-state index in [1.54, 1.807) is 36.1 Å². The molecule has 3 rings (SSSR count). The van der Waals surface area contributed by atoms with E-state index in [1.807, 2.05) is 29.2 Å². The molecule has 8 heteroatoms. The van der Waals surface area contributed by atoms with Gasteiger partial charge in [-0.15, -0.1) is 0 Å². The number of rotatable bonds is 7. The lowest BCUT2D eigenvalue weighted by Gasteiger charge is -2.35. The van der Waals surface area contributed by atoms with Crippen LogP contribution in [0.1, 0.15) is 29.8 Å². The number of anilines is 1. The highest BCUT2D eigenvalue weighted by atomic mass is 35.5. The zero-order valence-corrected chi connectivity index (χ0v) is 19.2. The molecule has 7 nitrogen and oxygen atoms in total. The number of carbonyl (C=O) groups is 3. The number of para-hydroxylation sites is 1. The fourth-order valence-corrected chi connectivity index (χ4v) is 3.81. The van der Waals surface area contributed by atoms with Gasteiger partial charge in [-0.25, -0.2) is 0 Å². The number of nitrogens with one attached hydrogen (secondary N) is 2. The van der Waals surface area contributed by atoms with Crippen molar-refractivity contribution in [2.45, 2.75) is 26.3 Å². The molecule has 0 spiro atoms. The van der Waals surface area contributed by atoms with Crippen molar-refractivity contribution in [2.75, 3.05) is 38.0 Å². The van der Waals surface area contributed by atoms with Gasteiger partial charge in [0.25, 0.3) is 5.91 Å². The first-order valence-electron chi connectivity index (χ1n) is 10.8. The summed E-state index contributed by atoms with van der Waals surface area (Å²) in [5.41, 5.74) is 2.40. The summed E-state index contributed by atoms with van der Waals surface area (Å²) in [5, 5.41) is 6.28. The zero-order valence-electron chi connectivity index (χ0n) is 18.4. The number of benzene rings is 2. The van der Waals surface area contributed by atoms with Crippen molar-refractivity contribution in [3.63, 3.8) is 0 Å². The molecule has 32 heavy (non-hydrogen) atoms. The number of piperazine rings is 1. The van der Waals surface area contributed by atoms with Gasteiger partial charge in [-0.05, 0) is 49.2 Å². The van der Waals surface area contributed by atoms with E-state index in [-0.39, 0.29) is 24.3 Å². The van der Waals surface area contributed by atoms with Crippen molar-refractivity contribution >= 4 is 35.0 Å². The Bertz CT molecular complexity index is 956. The van der Waals surface area contributed by atoms with Gasteiger partial charge in [-0.3, -0.25) is 19.3 Å². The molecular weight excluding hydrogens is 428 g/mol. The number of carbonyl (C=O) groups excluding carboxylic acids is 3. The predicted octanol–water partition coefficient (Wildman–Crippen LogP) is 2.80. The van der Waals surface area contributed by atoms with Crippen LogP contribution in [0.15, 0.2) is 48.5 Å². The van der Waals surface area contributed by atoms with Crippen molar-refractivity contribution in [3.05, 3.63) is 64.7 Å². The minimum Gasteiger partial charge on any atom is -0.341 e. The molecule has 1 heterocycles. The Balaban J connectivity index is 1.45. The van der Waals surface area contributed by atoms with Gasteiger partial charge in [0.1, 0.15) is 6.04 Å². The Kier molecular flexibility index (Phi) is 8.25. The predicted molar refractivity (Wildman–Crippen MR) is 126 cm³/mol. The zero-order chi connectivity index (χ0) is 23.1. The van der Waals surface area contributed by atoms with E-state index in [1.165, 1.54) is 0 Å². The van der Waals surface area contributed by atoms with Crippen LogP contribution in [0.5, 0.6) is 0 Å². The first-order chi connectivity index (χ1) is 15.4. The van der Waals surface area contributed by atoms with E-state index in [0.29, 0.717) is 36.8 Å². The molecule has 0 bridgehead atoms. The third-order valence-corrected chi connectivity index (χ3v) is 5.80. The van der Waals surface area contributed by atoms with Crippen LogP contribution >= 0.6 is 11.6 Å². The molecule has 1 aliphatic heterocycles. The topological polar surface area (TPSA) is 81.8 Å². The molecule has 0 aromatic heterocycles. The minimum atomic E-state index is -0.640. The quantitative estimate of drug-likeness (QED) is 0.671. The Morgan fingerprint density at radius 3 is 2.31 bits per heavy atom. The smallest absolute Gasteiger partial charge is 0.251 e. The Morgan fingerprint density at radius 1 is 1.00 bits per heavy atom. The van der Waals surface area contributed by atoms with Crippen LogP contribution in [0.4, 0.5) is 5.69 Å². The molecule has 0 aliphatic carbocycles. The van der Waals surface area contributed by atoms with Gasteiger partial charge in [0.2, 0.25) is 11.8 Å². The molecule has 2 N–H and O–H groups in total. The van der Waals surface area contributed by atoms with Crippen molar-refractivity contribution in [1.82, 2.24) is 15.1 Å². The first-order valence-corrected chi connectivity index (χ1v) is 11.2. The van der Waals surface area contributed by atoms with Crippen molar-refractivity contribution in [3.8, 4) is 0 Å². The van der Waals surface area contributed by atoms with Crippen LogP contribution in [-0.4, -0.2) is 66.3 Å². The second-order valence-corrected chi connectivity index (χ2v) is 8.30. The summed E-state index contributed by atoms with van der Waals surface area (Å²) < 4.78 is 0. The monoisotopic (exact) mass is 456 g/mol. The molecule has 0 unspecified atom stereocenters.